The van der Waals surface area contributed by atoms with Gasteiger partial charge in [0.1, 0.15) is 19.3 Å². The summed E-state index contributed by atoms with van der Waals surface area (Å²) in [6.45, 7) is 6.95. The second-order valence-corrected chi connectivity index (χ2v) is 21.9. The van der Waals surface area contributed by atoms with Gasteiger partial charge < -0.3 is 19.4 Å². The fourth-order valence-electron chi connectivity index (χ4n) is 7.98. The van der Waals surface area contributed by atoms with Crippen LogP contribution in [0.5, 0.6) is 0 Å². The fourth-order valence-corrected chi connectivity index (χ4v) is 8.72. The lowest BCUT2D eigenvalue weighted by Crippen LogP contribution is -2.47. The molecular weight excluding hydrogens is 880 g/mol. The molecule has 69 heavy (non-hydrogen) atoms. The summed E-state index contributed by atoms with van der Waals surface area (Å²) in [5.74, 6) is -0.539. The van der Waals surface area contributed by atoms with Gasteiger partial charge in [0.05, 0.1) is 33.8 Å². The number of nitrogens with zero attached hydrogens (tertiary/aromatic N) is 1. The van der Waals surface area contributed by atoms with Crippen LogP contribution in [0.25, 0.3) is 0 Å². The van der Waals surface area contributed by atoms with Gasteiger partial charge in [-0.1, -0.05) is 223 Å². The van der Waals surface area contributed by atoms with Gasteiger partial charge in [-0.2, -0.15) is 0 Å². The van der Waals surface area contributed by atoms with Crippen LogP contribution in [0.1, 0.15) is 252 Å². The molecule has 0 radical (unpaired) electrons. The third kappa shape index (κ3) is 50.4. The van der Waals surface area contributed by atoms with E-state index in [0.29, 0.717) is 23.9 Å². The largest absolute Gasteiger partial charge is 0.472 e. The Balaban J connectivity index is 5.36. The minimum atomic E-state index is -4.45. The summed E-state index contributed by atoms with van der Waals surface area (Å²) in [7, 11) is 1.47. The summed E-state index contributed by atoms with van der Waals surface area (Å²) < 4.78 is 30.6. The maximum absolute atomic E-state index is 13.5. The van der Waals surface area contributed by atoms with Gasteiger partial charge in [0.2, 0.25) is 5.91 Å². The lowest BCUT2D eigenvalue weighted by Gasteiger charge is -2.27. The number of ether oxygens (including phenoxy) is 1. The highest BCUT2D eigenvalue weighted by Crippen LogP contribution is 2.43. The summed E-state index contributed by atoms with van der Waals surface area (Å²) in [5.41, 5.74) is 0. The highest BCUT2D eigenvalue weighted by molar-refractivity contribution is 7.47. The van der Waals surface area contributed by atoms with Crippen LogP contribution in [0.2, 0.25) is 0 Å². The lowest BCUT2D eigenvalue weighted by atomic mass is 10.0. The van der Waals surface area contributed by atoms with Gasteiger partial charge in [-0.15, -0.1) is 0 Å². The van der Waals surface area contributed by atoms with Crippen molar-refractivity contribution in [3.63, 3.8) is 0 Å². The zero-order valence-corrected chi connectivity index (χ0v) is 46.7. The molecule has 0 bridgehead atoms. The number of esters is 1. The molecule has 3 atom stereocenters. The number of hydrogen-bond acceptors (Lipinski definition) is 6. The Kier molecular flexibility index (Phi) is 47.7. The monoisotopic (exact) mass is 990 g/mol. The van der Waals surface area contributed by atoms with Gasteiger partial charge in [-0.25, -0.2) is 4.57 Å². The molecule has 0 aromatic rings. The van der Waals surface area contributed by atoms with Crippen molar-refractivity contribution in [3.8, 4) is 0 Å². The number of unbranched alkanes of at least 4 members (excludes halogenated alkanes) is 27. The summed E-state index contributed by atoms with van der Waals surface area (Å²) in [6, 6.07) is -0.862. The van der Waals surface area contributed by atoms with Gasteiger partial charge in [0.25, 0.3) is 0 Å². The Labute approximate surface area is 426 Å². The van der Waals surface area contributed by atoms with E-state index in [1.165, 1.54) is 135 Å². The van der Waals surface area contributed by atoms with Gasteiger partial charge in [-0.3, -0.25) is 18.6 Å². The van der Waals surface area contributed by atoms with Crippen LogP contribution in [0, 0.1) is 0 Å². The molecule has 0 saturated carbocycles. The van der Waals surface area contributed by atoms with Crippen molar-refractivity contribution in [2.45, 2.75) is 264 Å². The van der Waals surface area contributed by atoms with Crippen LogP contribution in [0.3, 0.4) is 0 Å². The van der Waals surface area contributed by atoms with E-state index in [2.05, 4.69) is 74.7 Å². The minimum Gasteiger partial charge on any atom is -0.456 e. The third-order valence-corrected chi connectivity index (χ3v) is 13.4. The van der Waals surface area contributed by atoms with E-state index >= 15 is 0 Å². The Morgan fingerprint density at radius 3 is 1.36 bits per heavy atom. The molecule has 0 heterocycles. The number of quaternary nitrogens is 1. The summed E-state index contributed by atoms with van der Waals surface area (Å²) >= 11 is 0. The highest BCUT2D eigenvalue weighted by atomic mass is 31.2. The van der Waals surface area contributed by atoms with Gasteiger partial charge in [-0.05, 0) is 76.7 Å². The molecule has 3 unspecified atom stereocenters. The van der Waals surface area contributed by atoms with Crippen LogP contribution in [0.15, 0.2) is 60.8 Å². The maximum Gasteiger partial charge on any atom is 0.472 e. The molecule has 2 N–H and O–H groups in total. The van der Waals surface area contributed by atoms with E-state index < -0.39 is 20.0 Å². The van der Waals surface area contributed by atoms with E-state index in [0.717, 1.165) is 77.0 Å². The number of phosphoric ester groups is 1. The Bertz CT molecular complexity index is 1370. The van der Waals surface area contributed by atoms with Crippen LogP contribution < -0.4 is 5.32 Å². The number of amides is 1. The van der Waals surface area contributed by atoms with Crippen LogP contribution in [0.4, 0.5) is 0 Å². The molecule has 0 aliphatic heterocycles. The van der Waals surface area contributed by atoms with Crippen LogP contribution in [-0.4, -0.2) is 74.3 Å². The van der Waals surface area contributed by atoms with Gasteiger partial charge in [0, 0.05) is 12.8 Å². The van der Waals surface area contributed by atoms with Crippen molar-refractivity contribution < 1.29 is 37.3 Å². The molecule has 402 valence electrons. The van der Waals surface area contributed by atoms with Crippen molar-refractivity contribution in [1.82, 2.24) is 5.32 Å². The Morgan fingerprint density at radius 1 is 0.507 bits per heavy atom. The number of allylic oxidation sites excluding steroid dienone is 9. The molecular formula is C59H110N2O7P+. The van der Waals surface area contributed by atoms with Crippen molar-refractivity contribution in [2.75, 3.05) is 40.9 Å². The van der Waals surface area contributed by atoms with Crippen molar-refractivity contribution in [1.29, 1.82) is 0 Å². The van der Waals surface area contributed by atoms with E-state index in [1.807, 2.05) is 33.3 Å². The number of nitrogens with one attached hydrogen (secondary N) is 1. The standard InChI is InChI=1S/C59H109N2O7P/c1-7-10-13-16-19-22-25-27-28-29-30-31-32-34-36-39-42-45-48-51-58(62)60-56(55-67-69(64,65)66-54-53-61(4,5)6)57(50-47-44-41-38-35-24-21-18-15-12-9-3)68-59(63)52-49-46-43-40-37-33-26-23-20-17-14-11-8-2/h19,22,27-28,30-31,34,36,47,50,56-57H,7-18,20-21,23-26,29,32-33,35,37-46,48-49,51-55H2,1-6H3,(H-,60,62,64,65)/p+1/b22-19-,28-27-,31-30-,36-34-,50-47-. The first-order chi connectivity index (χ1) is 33.4. The van der Waals surface area contributed by atoms with Gasteiger partial charge >= 0.3 is 13.8 Å². The minimum absolute atomic E-state index is 0.0333. The summed E-state index contributed by atoms with van der Waals surface area (Å²) in [6.07, 6.45) is 60.7. The normalized spacial score (nSPS) is 14.2. The smallest absolute Gasteiger partial charge is 0.456 e. The molecule has 0 fully saturated rings. The van der Waals surface area contributed by atoms with Gasteiger partial charge in [0.15, 0.2) is 0 Å². The maximum atomic E-state index is 13.5. The quantitative estimate of drug-likeness (QED) is 0.0205. The first-order valence-corrected chi connectivity index (χ1v) is 30.1. The molecule has 9 nitrogen and oxygen atoms in total. The predicted molar refractivity (Wildman–Crippen MR) is 295 cm³/mol. The van der Waals surface area contributed by atoms with Crippen molar-refractivity contribution in [2.24, 2.45) is 0 Å². The lowest BCUT2D eigenvalue weighted by molar-refractivity contribution is -0.870. The van der Waals surface area contributed by atoms with Crippen molar-refractivity contribution >= 4 is 19.7 Å². The van der Waals surface area contributed by atoms with Crippen LogP contribution in [-0.2, 0) is 27.9 Å². The third-order valence-electron chi connectivity index (χ3n) is 12.5. The molecule has 0 aromatic carbocycles. The van der Waals surface area contributed by atoms with Crippen LogP contribution >= 0.6 is 7.82 Å². The molecule has 0 aliphatic rings. The van der Waals surface area contributed by atoms with E-state index in [9.17, 15) is 19.0 Å². The second kappa shape index (κ2) is 49.3. The number of likely N-dealkylation sites (N-methyl/N-ethyl adjacent to an activating group) is 1. The number of carbonyl (C=O) groups is 2. The molecule has 0 aromatic heterocycles. The number of phosphoric acid groups is 1. The molecule has 0 saturated heterocycles. The van der Waals surface area contributed by atoms with E-state index in [1.54, 1.807) is 0 Å². The number of hydrogen-bond donors (Lipinski definition) is 2. The molecule has 0 rings (SSSR count). The average Bonchev–Trinajstić information content (AvgIpc) is 3.31. The zero-order valence-electron chi connectivity index (χ0n) is 45.8. The first-order valence-electron chi connectivity index (χ1n) is 28.6. The number of carbonyl (C=O) groups excluding carboxylic acids is 2. The molecule has 0 spiro atoms. The van der Waals surface area contributed by atoms with E-state index in [4.69, 9.17) is 13.8 Å². The molecule has 10 heteroatoms. The highest BCUT2D eigenvalue weighted by Gasteiger charge is 2.30. The van der Waals surface area contributed by atoms with E-state index in [-0.39, 0.29) is 31.5 Å². The summed E-state index contributed by atoms with van der Waals surface area (Å²) in [4.78, 5) is 37.5. The Hall–Kier alpha value is -2.29. The Morgan fingerprint density at radius 2 is 0.884 bits per heavy atom. The average molecular weight is 991 g/mol. The predicted octanol–water partition coefficient (Wildman–Crippen LogP) is 17.1. The second-order valence-electron chi connectivity index (χ2n) is 20.5. The SMILES string of the molecule is CCCCC/C=C\C/C=C\C/C=C\C/C=C\CCCCCC(=O)NC(COP(=O)(O)OCC[N+](C)(C)C)C(/C=C\CCCCCCCCCCC)OC(=O)CCCCCCCCCCCCCCC. The topological polar surface area (TPSA) is 111 Å². The summed E-state index contributed by atoms with van der Waals surface area (Å²) in [5, 5.41) is 3.03. The molecule has 1 amide bonds. The fraction of sp³-hybridized carbons (Fsp3) is 0.797. The number of rotatable bonds is 51. The van der Waals surface area contributed by atoms with Crippen molar-refractivity contribution in [3.05, 3.63) is 60.8 Å². The zero-order chi connectivity index (χ0) is 50.8. The first kappa shape index (κ1) is 66.7. The molecule has 0 aliphatic carbocycles.